The lowest BCUT2D eigenvalue weighted by Crippen LogP contribution is -2.48. The zero-order valence-electron chi connectivity index (χ0n) is 13.4. The number of hydrogen-bond donors (Lipinski definition) is 1. The van der Waals surface area contributed by atoms with Crippen molar-refractivity contribution < 1.29 is 9.47 Å². The fourth-order valence-electron chi connectivity index (χ4n) is 3.28. The lowest BCUT2D eigenvalue weighted by Gasteiger charge is -2.42. The molecule has 4 nitrogen and oxygen atoms in total. The van der Waals surface area contributed by atoms with Crippen LogP contribution in [0.25, 0.3) is 0 Å². The fraction of sp³-hybridized carbons (Fsp3) is 0.625. The predicted molar refractivity (Wildman–Crippen MR) is 93.7 cm³/mol. The molecule has 1 aromatic carbocycles. The van der Waals surface area contributed by atoms with Crippen LogP contribution in [0.3, 0.4) is 0 Å². The molecule has 0 aromatic heterocycles. The molecule has 2 aliphatic heterocycles. The van der Waals surface area contributed by atoms with Crippen LogP contribution in [-0.2, 0) is 0 Å². The first-order valence-corrected chi connectivity index (χ1v) is 7.40. The average molecular weight is 349 g/mol. The Morgan fingerprint density at radius 2 is 1.68 bits per heavy atom. The highest BCUT2D eigenvalue weighted by molar-refractivity contribution is 5.85. The van der Waals surface area contributed by atoms with E-state index in [4.69, 9.17) is 9.47 Å². The van der Waals surface area contributed by atoms with Crippen LogP contribution in [0.5, 0.6) is 11.5 Å². The minimum absolute atomic E-state index is 0. The smallest absolute Gasteiger partial charge is 0.231 e. The van der Waals surface area contributed by atoms with Gasteiger partial charge in [-0.3, -0.25) is 4.90 Å². The molecule has 1 saturated heterocycles. The van der Waals surface area contributed by atoms with Gasteiger partial charge >= 0.3 is 0 Å². The van der Waals surface area contributed by atoms with E-state index in [1.807, 2.05) is 6.07 Å². The molecule has 2 aliphatic rings. The number of piperazine rings is 1. The Kier molecular flexibility index (Phi) is 6.81. The van der Waals surface area contributed by atoms with Crippen LogP contribution in [0, 0.1) is 5.41 Å². The van der Waals surface area contributed by atoms with E-state index < -0.39 is 0 Å². The Labute approximate surface area is 145 Å². The molecular formula is C16H26Cl2N2O2. The van der Waals surface area contributed by atoms with Crippen LogP contribution in [0.1, 0.15) is 32.4 Å². The van der Waals surface area contributed by atoms with Crippen molar-refractivity contribution >= 4 is 24.8 Å². The van der Waals surface area contributed by atoms with Gasteiger partial charge in [-0.05, 0) is 23.1 Å². The standard InChI is InChI=1S/C16H24N2O2.2ClH/c1-16(2,3)15(18-8-6-17-7-9-18)12-4-5-13-14(10-12)20-11-19-13;;/h4-5,10,15,17H,6-9,11H2,1-3H3;2*1H/t15-;;/m1../s1. The van der Waals surface area contributed by atoms with Gasteiger partial charge in [0.05, 0.1) is 0 Å². The van der Waals surface area contributed by atoms with Crippen molar-refractivity contribution in [3.05, 3.63) is 23.8 Å². The Morgan fingerprint density at radius 3 is 2.32 bits per heavy atom. The number of benzene rings is 1. The lowest BCUT2D eigenvalue weighted by atomic mass is 9.81. The van der Waals surface area contributed by atoms with E-state index in [2.05, 4.69) is 43.1 Å². The molecule has 0 radical (unpaired) electrons. The van der Waals surface area contributed by atoms with Crippen LogP contribution < -0.4 is 14.8 Å². The van der Waals surface area contributed by atoms with E-state index >= 15 is 0 Å². The number of nitrogens with zero attached hydrogens (tertiary/aromatic N) is 1. The lowest BCUT2D eigenvalue weighted by molar-refractivity contribution is 0.0861. The monoisotopic (exact) mass is 348 g/mol. The molecule has 2 heterocycles. The van der Waals surface area contributed by atoms with E-state index in [0.29, 0.717) is 12.8 Å². The summed E-state index contributed by atoms with van der Waals surface area (Å²) in [5.41, 5.74) is 1.51. The third-order valence-corrected chi connectivity index (χ3v) is 4.05. The van der Waals surface area contributed by atoms with Crippen LogP contribution in [0.15, 0.2) is 18.2 Å². The normalized spacial score (nSPS) is 19.0. The minimum Gasteiger partial charge on any atom is -0.454 e. The molecule has 3 rings (SSSR count). The minimum atomic E-state index is 0. The maximum Gasteiger partial charge on any atom is 0.231 e. The van der Waals surface area contributed by atoms with Gasteiger partial charge in [-0.2, -0.15) is 0 Å². The summed E-state index contributed by atoms with van der Waals surface area (Å²) in [5.74, 6) is 1.74. The zero-order valence-corrected chi connectivity index (χ0v) is 15.1. The largest absolute Gasteiger partial charge is 0.454 e. The highest BCUT2D eigenvalue weighted by Gasteiger charge is 2.33. The van der Waals surface area contributed by atoms with Crippen LogP contribution in [0.2, 0.25) is 0 Å². The topological polar surface area (TPSA) is 33.7 Å². The number of nitrogens with one attached hydrogen (secondary N) is 1. The second-order valence-electron chi connectivity index (χ2n) is 6.67. The highest BCUT2D eigenvalue weighted by atomic mass is 35.5. The first-order chi connectivity index (χ1) is 9.55. The molecule has 0 unspecified atom stereocenters. The second kappa shape index (κ2) is 7.73. The summed E-state index contributed by atoms with van der Waals surface area (Å²) in [5, 5.41) is 3.43. The third-order valence-electron chi connectivity index (χ3n) is 4.05. The van der Waals surface area contributed by atoms with Gasteiger partial charge in [0.15, 0.2) is 11.5 Å². The molecule has 1 aromatic rings. The zero-order chi connectivity index (χ0) is 14.2. The number of ether oxygens (including phenoxy) is 2. The highest BCUT2D eigenvalue weighted by Crippen LogP contribution is 2.42. The number of rotatable bonds is 2. The number of halogens is 2. The molecular weight excluding hydrogens is 323 g/mol. The van der Waals surface area contributed by atoms with Crippen molar-refractivity contribution in [3.8, 4) is 11.5 Å². The van der Waals surface area contributed by atoms with Gasteiger partial charge in [0.1, 0.15) is 0 Å². The molecule has 126 valence electrons. The van der Waals surface area contributed by atoms with Crippen molar-refractivity contribution in [2.24, 2.45) is 5.41 Å². The second-order valence-corrected chi connectivity index (χ2v) is 6.67. The summed E-state index contributed by atoms with van der Waals surface area (Å²) < 4.78 is 11.0. The van der Waals surface area contributed by atoms with E-state index in [1.165, 1.54) is 5.56 Å². The van der Waals surface area contributed by atoms with Gasteiger partial charge in [0.25, 0.3) is 0 Å². The van der Waals surface area contributed by atoms with E-state index in [0.717, 1.165) is 37.7 Å². The molecule has 0 spiro atoms. The fourth-order valence-corrected chi connectivity index (χ4v) is 3.28. The van der Waals surface area contributed by atoms with Crippen molar-refractivity contribution in [2.45, 2.75) is 26.8 Å². The van der Waals surface area contributed by atoms with Crippen LogP contribution in [-0.4, -0.2) is 37.9 Å². The Bertz CT molecular complexity index is 486. The summed E-state index contributed by atoms with van der Waals surface area (Å²) in [6, 6.07) is 6.78. The van der Waals surface area contributed by atoms with Gasteiger partial charge in [-0.1, -0.05) is 26.8 Å². The van der Waals surface area contributed by atoms with Crippen molar-refractivity contribution in [2.75, 3.05) is 33.0 Å². The van der Waals surface area contributed by atoms with Gasteiger partial charge in [0, 0.05) is 32.2 Å². The first-order valence-electron chi connectivity index (χ1n) is 7.40. The molecule has 1 atom stereocenters. The molecule has 1 fully saturated rings. The van der Waals surface area contributed by atoms with Crippen LogP contribution in [0.4, 0.5) is 0 Å². The molecule has 22 heavy (non-hydrogen) atoms. The summed E-state index contributed by atoms with van der Waals surface area (Å²) in [6.45, 7) is 11.6. The van der Waals surface area contributed by atoms with Gasteiger partial charge in [0.2, 0.25) is 6.79 Å². The van der Waals surface area contributed by atoms with Crippen molar-refractivity contribution in [3.63, 3.8) is 0 Å². The van der Waals surface area contributed by atoms with Gasteiger partial charge < -0.3 is 14.8 Å². The predicted octanol–water partition coefficient (Wildman–Crippen LogP) is 3.25. The van der Waals surface area contributed by atoms with E-state index in [-0.39, 0.29) is 30.2 Å². The maximum absolute atomic E-state index is 5.54. The summed E-state index contributed by atoms with van der Waals surface area (Å²) in [7, 11) is 0. The van der Waals surface area contributed by atoms with Gasteiger partial charge in [-0.25, -0.2) is 0 Å². The van der Waals surface area contributed by atoms with Crippen molar-refractivity contribution in [1.29, 1.82) is 0 Å². The number of hydrogen-bond acceptors (Lipinski definition) is 4. The first kappa shape index (κ1) is 19.4. The van der Waals surface area contributed by atoms with Gasteiger partial charge in [-0.15, -0.1) is 24.8 Å². The maximum atomic E-state index is 5.54. The Morgan fingerprint density at radius 1 is 1.05 bits per heavy atom. The summed E-state index contributed by atoms with van der Waals surface area (Å²) in [4.78, 5) is 2.58. The summed E-state index contributed by atoms with van der Waals surface area (Å²) >= 11 is 0. The van der Waals surface area contributed by atoms with E-state index in [9.17, 15) is 0 Å². The third kappa shape index (κ3) is 3.99. The molecule has 0 aliphatic carbocycles. The Hall–Kier alpha value is -0.680. The van der Waals surface area contributed by atoms with E-state index in [1.54, 1.807) is 0 Å². The molecule has 6 heteroatoms. The summed E-state index contributed by atoms with van der Waals surface area (Å²) in [6.07, 6.45) is 0. The molecule has 0 bridgehead atoms. The van der Waals surface area contributed by atoms with Crippen molar-refractivity contribution in [1.82, 2.24) is 10.2 Å². The van der Waals surface area contributed by atoms with Crippen LogP contribution >= 0.6 is 24.8 Å². The molecule has 1 N–H and O–H groups in total. The molecule has 0 saturated carbocycles. The molecule has 0 amide bonds. The average Bonchev–Trinajstić information content (AvgIpc) is 2.86. The quantitative estimate of drug-likeness (QED) is 0.889. The number of fused-ring (bicyclic) bond motifs is 1. The Balaban J connectivity index is 0.00000121. The SMILES string of the molecule is CC(C)(C)[C@@H](c1ccc2c(c1)OCO2)N1CCNCC1.Cl.Cl.